The molecule has 3 N–H and O–H groups in total. The van der Waals surface area contributed by atoms with Crippen LogP contribution in [0.2, 0.25) is 0 Å². The van der Waals surface area contributed by atoms with Gasteiger partial charge in [-0.05, 0) is 29.7 Å². The molecule has 2 aromatic rings. The van der Waals surface area contributed by atoms with Crippen LogP contribution < -0.4 is 11.1 Å². The van der Waals surface area contributed by atoms with Crippen LogP contribution in [0.4, 0.5) is 4.39 Å². The van der Waals surface area contributed by atoms with Crippen LogP contribution in [-0.2, 0) is 16.0 Å². The van der Waals surface area contributed by atoms with Crippen molar-refractivity contribution in [2.75, 3.05) is 0 Å². The quantitative estimate of drug-likeness (QED) is 0.820. The Kier molecular flexibility index (Phi) is 6.25. The van der Waals surface area contributed by atoms with E-state index < -0.39 is 11.9 Å². The molecular weight excluding hydrogens is 307 g/mol. The second-order valence-corrected chi connectivity index (χ2v) is 5.37. The fraction of sp³-hybridized carbons (Fsp3) is 0.158. The Labute approximate surface area is 140 Å². The smallest absolute Gasteiger partial charge is 0.240 e. The Morgan fingerprint density at radius 2 is 1.75 bits per heavy atom. The van der Waals surface area contributed by atoms with E-state index in [1.807, 2.05) is 36.4 Å². The van der Waals surface area contributed by atoms with Crippen LogP contribution in [0.5, 0.6) is 0 Å². The van der Waals surface area contributed by atoms with Crippen LogP contribution >= 0.6 is 0 Å². The lowest BCUT2D eigenvalue weighted by Gasteiger charge is -2.13. The molecule has 2 aromatic carbocycles. The minimum absolute atomic E-state index is 0.0620. The van der Waals surface area contributed by atoms with E-state index in [-0.39, 0.29) is 18.1 Å². The summed E-state index contributed by atoms with van der Waals surface area (Å²) in [6, 6.07) is 14.5. The lowest BCUT2D eigenvalue weighted by atomic mass is 10.1. The van der Waals surface area contributed by atoms with E-state index in [1.54, 1.807) is 6.08 Å². The molecule has 2 rings (SSSR count). The molecule has 0 radical (unpaired) electrons. The summed E-state index contributed by atoms with van der Waals surface area (Å²) in [7, 11) is 0. The molecule has 4 nitrogen and oxygen atoms in total. The molecule has 5 heteroatoms. The van der Waals surface area contributed by atoms with Crippen LogP contribution in [-0.4, -0.2) is 17.9 Å². The average Bonchev–Trinajstić information content (AvgIpc) is 2.57. The van der Waals surface area contributed by atoms with Crippen LogP contribution in [0.15, 0.2) is 60.7 Å². The Morgan fingerprint density at radius 3 is 2.38 bits per heavy atom. The molecule has 0 aliphatic rings. The summed E-state index contributed by atoms with van der Waals surface area (Å²) in [5.41, 5.74) is 7.00. The lowest BCUT2D eigenvalue weighted by Crippen LogP contribution is -2.44. The number of carbonyl (C=O) groups is 2. The van der Waals surface area contributed by atoms with Gasteiger partial charge in [-0.15, -0.1) is 0 Å². The maximum atomic E-state index is 12.9. The first-order valence-corrected chi connectivity index (χ1v) is 7.59. The van der Waals surface area contributed by atoms with Gasteiger partial charge in [-0.1, -0.05) is 54.6 Å². The van der Waals surface area contributed by atoms with Crippen molar-refractivity contribution in [3.8, 4) is 0 Å². The van der Waals surface area contributed by atoms with E-state index in [2.05, 4.69) is 5.32 Å². The number of primary amides is 1. The molecular formula is C19H19FN2O2. The van der Waals surface area contributed by atoms with E-state index >= 15 is 0 Å². The molecule has 0 aromatic heterocycles. The molecule has 0 spiro atoms. The molecule has 0 aliphatic carbocycles. The minimum atomic E-state index is -0.780. The van der Waals surface area contributed by atoms with Crippen molar-refractivity contribution >= 4 is 17.9 Å². The third-order valence-corrected chi connectivity index (χ3v) is 3.44. The molecule has 0 aliphatic heterocycles. The third kappa shape index (κ3) is 5.68. The number of hydrogen-bond acceptors (Lipinski definition) is 2. The van der Waals surface area contributed by atoms with Crippen molar-refractivity contribution in [3.05, 3.63) is 77.6 Å². The second-order valence-electron chi connectivity index (χ2n) is 5.37. The molecule has 24 heavy (non-hydrogen) atoms. The van der Waals surface area contributed by atoms with Gasteiger partial charge in [-0.25, -0.2) is 4.39 Å². The predicted molar refractivity (Wildman–Crippen MR) is 91.3 cm³/mol. The highest BCUT2D eigenvalue weighted by molar-refractivity contribution is 5.87. The average molecular weight is 326 g/mol. The van der Waals surface area contributed by atoms with Crippen molar-refractivity contribution in [2.45, 2.75) is 18.9 Å². The zero-order valence-electron chi connectivity index (χ0n) is 13.1. The zero-order chi connectivity index (χ0) is 17.4. The first-order valence-electron chi connectivity index (χ1n) is 7.59. The molecule has 2 amide bonds. The number of carbonyl (C=O) groups excluding carboxylic acids is 2. The fourth-order valence-corrected chi connectivity index (χ4v) is 2.18. The second kappa shape index (κ2) is 8.62. The molecule has 0 fully saturated rings. The van der Waals surface area contributed by atoms with Crippen molar-refractivity contribution in [2.24, 2.45) is 5.73 Å². The van der Waals surface area contributed by atoms with Gasteiger partial charge >= 0.3 is 0 Å². The number of rotatable bonds is 7. The number of amides is 2. The number of hydrogen-bond donors (Lipinski definition) is 2. The topological polar surface area (TPSA) is 72.2 Å². The molecule has 0 bridgehead atoms. The van der Waals surface area contributed by atoms with Crippen molar-refractivity contribution < 1.29 is 14.0 Å². The van der Waals surface area contributed by atoms with Crippen molar-refractivity contribution in [1.29, 1.82) is 0 Å². The molecule has 124 valence electrons. The van der Waals surface area contributed by atoms with Crippen LogP contribution in [0.3, 0.4) is 0 Å². The van der Waals surface area contributed by atoms with E-state index in [4.69, 9.17) is 5.73 Å². The highest BCUT2D eigenvalue weighted by Gasteiger charge is 2.16. The highest BCUT2D eigenvalue weighted by Crippen LogP contribution is 2.06. The van der Waals surface area contributed by atoms with Gasteiger partial charge in [-0.2, -0.15) is 0 Å². The van der Waals surface area contributed by atoms with E-state index in [1.165, 1.54) is 24.3 Å². The van der Waals surface area contributed by atoms with Gasteiger partial charge in [0.25, 0.3) is 0 Å². The standard InChI is InChI=1S/C19H19FN2O2/c20-16-11-9-15(10-12-16)13-18(23)22-17(19(21)24)8-4-7-14-5-2-1-3-6-14/h1-7,9-12,17H,8,13H2,(H2,21,24)(H,22,23)/b7-4+/t17-/m0/s1. The fourth-order valence-electron chi connectivity index (χ4n) is 2.18. The maximum Gasteiger partial charge on any atom is 0.240 e. The van der Waals surface area contributed by atoms with Crippen LogP contribution in [0, 0.1) is 5.82 Å². The van der Waals surface area contributed by atoms with Gasteiger partial charge in [0.2, 0.25) is 11.8 Å². The lowest BCUT2D eigenvalue weighted by molar-refractivity contribution is -0.126. The summed E-state index contributed by atoms with van der Waals surface area (Å²) in [4.78, 5) is 23.5. The largest absolute Gasteiger partial charge is 0.368 e. The Morgan fingerprint density at radius 1 is 1.08 bits per heavy atom. The Hall–Kier alpha value is -2.95. The maximum absolute atomic E-state index is 12.9. The number of halogens is 1. The molecule has 0 heterocycles. The molecule has 1 atom stereocenters. The molecule has 0 saturated carbocycles. The van der Waals surface area contributed by atoms with Gasteiger partial charge < -0.3 is 11.1 Å². The highest BCUT2D eigenvalue weighted by atomic mass is 19.1. The number of nitrogens with two attached hydrogens (primary N) is 1. The first-order chi connectivity index (χ1) is 11.5. The van der Waals surface area contributed by atoms with Gasteiger partial charge in [0.1, 0.15) is 11.9 Å². The number of nitrogens with one attached hydrogen (secondary N) is 1. The molecule has 0 unspecified atom stereocenters. The van der Waals surface area contributed by atoms with Gasteiger partial charge in [0, 0.05) is 0 Å². The monoisotopic (exact) mass is 326 g/mol. The normalized spacial score (nSPS) is 12.0. The first kappa shape index (κ1) is 17.4. The Balaban J connectivity index is 1.90. The summed E-state index contributed by atoms with van der Waals surface area (Å²) >= 11 is 0. The predicted octanol–water partition coefficient (Wildman–Crippen LogP) is 2.44. The third-order valence-electron chi connectivity index (χ3n) is 3.44. The summed E-state index contributed by atoms with van der Waals surface area (Å²) in [6.45, 7) is 0. The minimum Gasteiger partial charge on any atom is -0.368 e. The summed E-state index contributed by atoms with van der Waals surface area (Å²) in [6.07, 6.45) is 4.02. The molecule has 0 saturated heterocycles. The van der Waals surface area contributed by atoms with E-state index in [0.29, 0.717) is 12.0 Å². The van der Waals surface area contributed by atoms with Crippen molar-refractivity contribution in [1.82, 2.24) is 5.32 Å². The van der Waals surface area contributed by atoms with E-state index in [9.17, 15) is 14.0 Å². The van der Waals surface area contributed by atoms with E-state index in [0.717, 1.165) is 5.56 Å². The van der Waals surface area contributed by atoms with Gasteiger partial charge in [0.15, 0.2) is 0 Å². The van der Waals surface area contributed by atoms with Crippen molar-refractivity contribution in [3.63, 3.8) is 0 Å². The van der Waals surface area contributed by atoms with Crippen LogP contribution in [0.1, 0.15) is 17.5 Å². The van der Waals surface area contributed by atoms with Gasteiger partial charge in [0.05, 0.1) is 6.42 Å². The SMILES string of the molecule is NC(=O)[C@H](C/C=C/c1ccccc1)NC(=O)Cc1ccc(F)cc1. The summed E-state index contributed by atoms with van der Waals surface area (Å²) < 4.78 is 12.9. The van der Waals surface area contributed by atoms with Gasteiger partial charge in [-0.3, -0.25) is 9.59 Å². The summed E-state index contributed by atoms with van der Waals surface area (Å²) in [5.74, 6) is -1.29. The summed E-state index contributed by atoms with van der Waals surface area (Å²) in [5, 5.41) is 2.61. The zero-order valence-corrected chi connectivity index (χ0v) is 13.1. The van der Waals surface area contributed by atoms with Crippen LogP contribution in [0.25, 0.3) is 6.08 Å². The number of benzene rings is 2. The Bertz CT molecular complexity index is 712.